The van der Waals surface area contributed by atoms with Gasteiger partial charge in [0.15, 0.2) is 0 Å². The van der Waals surface area contributed by atoms with Crippen LogP contribution in [0.5, 0.6) is 0 Å². The molecular weight excluding hydrogens is 310 g/mol. The predicted molar refractivity (Wildman–Crippen MR) is 86.5 cm³/mol. The topological polar surface area (TPSA) is 85.4 Å². The summed E-state index contributed by atoms with van der Waals surface area (Å²) in [6, 6.07) is -0.00859. The van der Waals surface area contributed by atoms with Crippen LogP contribution in [0.4, 0.5) is 4.79 Å². The van der Waals surface area contributed by atoms with Crippen LogP contribution in [-0.2, 0) is 24.4 Å². The Morgan fingerprint density at radius 2 is 2.12 bits per heavy atom. The van der Waals surface area contributed by atoms with Gasteiger partial charge in [-0.15, -0.1) is 0 Å². The molecule has 3 rings (SSSR count). The van der Waals surface area contributed by atoms with E-state index in [0.717, 1.165) is 16.9 Å². The molecule has 3 heterocycles. The molecule has 24 heavy (non-hydrogen) atoms. The Morgan fingerprint density at radius 3 is 2.75 bits per heavy atom. The summed E-state index contributed by atoms with van der Waals surface area (Å²) in [6.45, 7) is 8.49. The molecule has 0 bridgehead atoms. The maximum Gasteiger partial charge on any atom is 0.410 e. The van der Waals surface area contributed by atoms with Crippen molar-refractivity contribution in [2.24, 2.45) is 0 Å². The first-order valence-electron chi connectivity index (χ1n) is 7.97. The van der Waals surface area contributed by atoms with Gasteiger partial charge in [-0.05, 0) is 27.7 Å². The molecule has 0 unspecified atom stereocenters. The largest absolute Gasteiger partial charge is 0.444 e. The molecule has 0 aliphatic carbocycles. The van der Waals surface area contributed by atoms with Gasteiger partial charge < -0.3 is 9.84 Å². The maximum atomic E-state index is 12.5. The van der Waals surface area contributed by atoms with Crippen molar-refractivity contribution >= 4 is 6.09 Å². The molecule has 1 aliphatic rings. The molecular formula is C16H23N5O3. The van der Waals surface area contributed by atoms with Gasteiger partial charge in [0.2, 0.25) is 0 Å². The van der Waals surface area contributed by atoms with Crippen molar-refractivity contribution in [1.29, 1.82) is 0 Å². The van der Waals surface area contributed by atoms with Gasteiger partial charge in [0.25, 0.3) is 0 Å². The maximum absolute atomic E-state index is 12.5. The summed E-state index contributed by atoms with van der Waals surface area (Å²) >= 11 is 0. The number of rotatable bonds is 2. The number of aromatic nitrogens is 4. The molecule has 0 aromatic carbocycles. The third-order valence-corrected chi connectivity index (χ3v) is 3.91. The molecule has 8 heteroatoms. The zero-order valence-electron chi connectivity index (χ0n) is 14.4. The first-order valence-corrected chi connectivity index (χ1v) is 7.97. The van der Waals surface area contributed by atoms with Crippen molar-refractivity contribution in [3.8, 4) is 5.69 Å². The van der Waals surface area contributed by atoms with Crippen LogP contribution in [-0.4, -0.2) is 47.3 Å². The standard InChI is InChI=1S/C16H23N5O3/c1-11-7-20-14(9-19(11)15(23)24-16(2,3)4)13(6-18-20)21-8-12(10-22)5-17-21/h5-6,8,11,22H,7,9-10H2,1-4H3/t11-/m0/s1. The third-order valence-electron chi connectivity index (χ3n) is 3.91. The zero-order chi connectivity index (χ0) is 17.5. The number of aliphatic hydroxyl groups excluding tert-OH is 1. The fourth-order valence-corrected chi connectivity index (χ4v) is 2.72. The summed E-state index contributed by atoms with van der Waals surface area (Å²) in [6.07, 6.45) is 4.77. The molecule has 0 spiro atoms. The average molecular weight is 333 g/mol. The van der Waals surface area contributed by atoms with Crippen LogP contribution >= 0.6 is 0 Å². The van der Waals surface area contributed by atoms with Crippen molar-refractivity contribution in [3.05, 3.63) is 29.8 Å². The highest BCUT2D eigenvalue weighted by molar-refractivity contribution is 5.69. The van der Waals surface area contributed by atoms with Gasteiger partial charge >= 0.3 is 6.09 Å². The summed E-state index contributed by atoms with van der Waals surface area (Å²) in [5.74, 6) is 0. The second-order valence-corrected chi connectivity index (χ2v) is 7.07. The minimum Gasteiger partial charge on any atom is -0.444 e. The van der Waals surface area contributed by atoms with E-state index in [2.05, 4.69) is 10.2 Å². The molecule has 1 N–H and O–H groups in total. The molecule has 0 radical (unpaired) electrons. The number of ether oxygens (including phenoxy) is 1. The van der Waals surface area contributed by atoms with Crippen molar-refractivity contribution in [2.45, 2.75) is 59.0 Å². The molecule has 1 aliphatic heterocycles. The summed E-state index contributed by atoms with van der Waals surface area (Å²) in [5, 5.41) is 17.9. The van der Waals surface area contributed by atoms with Gasteiger partial charge in [-0.1, -0.05) is 0 Å². The highest BCUT2D eigenvalue weighted by atomic mass is 16.6. The number of hydrogen-bond donors (Lipinski definition) is 1. The van der Waals surface area contributed by atoms with Gasteiger partial charge in [0.1, 0.15) is 11.3 Å². The second-order valence-electron chi connectivity index (χ2n) is 7.07. The fraction of sp³-hybridized carbons (Fsp3) is 0.562. The lowest BCUT2D eigenvalue weighted by molar-refractivity contribution is 0.00906. The van der Waals surface area contributed by atoms with Crippen LogP contribution in [0.1, 0.15) is 39.0 Å². The molecule has 130 valence electrons. The SMILES string of the molecule is C[C@H]1Cn2ncc(-n3cc(CO)cn3)c2CN1C(=O)OC(C)(C)C. The van der Waals surface area contributed by atoms with E-state index in [1.165, 1.54) is 0 Å². The summed E-state index contributed by atoms with van der Waals surface area (Å²) in [4.78, 5) is 14.2. The first-order chi connectivity index (χ1) is 11.3. The molecule has 0 saturated heterocycles. The Morgan fingerprint density at radius 1 is 1.38 bits per heavy atom. The van der Waals surface area contributed by atoms with Crippen molar-refractivity contribution in [3.63, 3.8) is 0 Å². The van der Waals surface area contributed by atoms with Crippen LogP contribution in [0.15, 0.2) is 18.6 Å². The summed E-state index contributed by atoms with van der Waals surface area (Å²) in [7, 11) is 0. The van der Waals surface area contributed by atoms with E-state index in [4.69, 9.17) is 4.74 Å². The Hall–Kier alpha value is -2.35. The number of hydrogen-bond acceptors (Lipinski definition) is 5. The molecule has 1 atom stereocenters. The molecule has 8 nitrogen and oxygen atoms in total. The summed E-state index contributed by atoms with van der Waals surface area (Å²) < 4.78 is 9.07. The lowest BCUT2D eigenvalue weighted by Crippen LogP contribution is -2.47. The van der Waals surface area contributed by atoms with Crippen molar-refractivity contribution in [2.75, 3.05) is 0 Å². The highest BCUT2D eigenvalue weighted by Crippen LogP contribution is 2.24. The number of nitrogens with zero attached hydrogens (tertiary/aromatic N) is 5. The number of fused-ring (bicyclic) bond motifs is 1. The van der Waals surface area contributed by atoms with Crippen molar-refractivity contribution in [1.82, 2.24) is 24.5 Å². The smallest absolute Gasteiger partial charge is 0.410 e. The molecule has 0 saturated carbocycles. The number of carbonyl (C=O) groups is 1. The molecule has 0 fully saturated rings. The lowest BCUT2D eigenvalue weighted by Gasteiger charge is -2.35. The zero-order valence-corrected chi connectivity index (χ0v) is 14.4. The van der Waals surface area contributed by atoms with Gasteiger partial charge in [0.05, 0.1) is 43.8 Å². The third kappa shape index (κ3) is 3.14. The highest BCUT2D eigenvalue weighted by Gasteiger charge is 2.32. The molecule has 2 aromatic heterocycles. The summed E-state index contributed by atoms with van der Waals surface area (Å²) in [5.41, 5.74) is 1.89. The van der Waals surface area contributed by atoms with Crippen LogP contribution in [0.25, 0.3) is 5.69 Å². The Balaban J connectivity index is 1.88. The van der Waals surface area contributed by atoms with E-state index in [-0.39, 0.29) is 18.7 Å². The number of carbonyl (C=O) groups excluding carboxylic acids is 1. The van der Waals surface area contributed by atoms with Crippen LogP contribution in [0, 0.1) is 0 Å². The van der Waals surface area contributed by atoms with E-state index in [1.54, 1.807) is 28.2 Å². The van der Waals surface area contributed by atoms with Crippen LogP contribution < -0.4 is 0 Å². The second kappa shape index (κ2) is 5.94. The Bertz CT molecular complexity index is 743. The van der Waals surface area contributed by atoms with Crippen LogP contribution in [0.2, 0.25) is 0 Å². The van der Waals surface area contributed by atoms with Crippen molar-refractivity contribution < 1.29 is 14.6 Å². The normalized spacial score (nSPS) is 17.7. The Kier molecular flexibility index (Phi) is 4.08. The minimum atomic E-state index is -0.532. The minimum absolute atomic E-state index is 0.00859. The average Bonchev–Trinajstić information content (AvgIpc) is 3.09. The quantitative estimate of drug-likeness (QED) is 0.904. The first kappa shape index (κ1) is 16.5. The monoisotopic (exact) mass is 333 g/mol. The van der Waals surface area contributed by atoms with Crippen LogP contribution in [0.3, 0.4) is 0 Å². The van der Waals surface area contributed by atoms with Gasteiger partial charge in [-0.3, -0.25) is 9.58 Å². The predicted octanol–water partition coefficient (Wildman–Crippen LogP) is 1.70. The Labute approximate surface area is 140 Å². The molecule has 2 aromatic rings. The van der Waals surface area contributed by atoms with Gasteiger partial charge in [0, 0.05) is 11.8 Å². The van der Waals surface area contributed by atoms with E-state index in [9.17, 15) is 9.90 Å². The van der Waals surface area contributed by atoms with E-state index in [0.29, 0.717) is 13.1 Å². The van der Waals surface area contributed by atoms with E-state index >= 15 is 0 Å². The van der Waals surface area contributed by atoms with Gasteiger partial charge in [-0.25, -0.2) is 9.48 Å². The van der Waals surface area contributed by atoms with Gasteiger partial charge in [-0.2, -0.15) is 10.2 Å². The number of aliphatic hydroxyl groups is 1. The van der Waals surface area contributed by atoms with E-state index < -0.39 is 5.60 Å². The fourth-order valence-electron chi connectivity index (χ4n) is 2.72. The molecule has 1 amide bonds. The van der Waals surface area contributed by atoms with E-state index in [1.807, 2.05) is 32.4 Å². The number of amides is 1. The lowest BCUT2D eigenvalue weighted by atomic mass is 10.2.